The molecule has 1 aliphatic heterocycles. The first kappa shape index (κ1) is 18.7. The van der Waals surface area contributed by atoms with Crippen LogP contribution >= 0.6 is 24.0 Å². The molecular formula is C17H25IN6. The molecule has 3 rings (SSSR count). The molecule has 0 bridgehead atoms. The van der Waals surface area contributed by atoms with Gasteiger partial charge in [0.1, 0.15) is 11.6 Å². The topological polar surface area (TPSA) is 72.3 Å². The van der Waals surface area contributed by atoms with E-state index in [1.54, 1.807) is 6.20 Å². The zero-order valence-electron chi connectivity index (χ0n) is 14.2. The van der Waals surface area contributed by atoms with Crippen molar-refractivity contribution < 1.29 is 0 Å². The van der Waals surface area contributed by atoms with E-state index in [4.69, 9.17) is 5.73 Å². The van der Waals surface area contributed by atoms with Gasteiger partial charge in [0, 0.05) is 31.7 Å². The number of guanidine groups is 1. The Bertz CT molecular complexity index is 679. The molecule has 0 amide bonds. The van der Waals surface area contributed by atoms with Gasteiger partial charge < -0.3 is 10.6 Å². The Hall–Kier alpha value is -1.64. The van der Waals surface area contributed by atoms with Crippen LogP contribution < -0.4 is 5.73 Å². The molecule has 0 spiro atoms. The van der Waals surface area contributed by atoms with Crippen LogP contribution in [0.25, 0.3) is 5.82 Å². The van der Waals surface area contributed by atoms with Gasteiger partial charge in [-0.05, 0) is 37.3 Å². The molecule has 0 saturated carbocycles. The largest absolute Gasteiger partial charge is 0.370 e. The molecule has 2 aromatic rings. The molecule has 7 heteroatoms. The molecule has 0 aromatic carbocycles. The van der Waals surface area contributed by atoms with Crippen molar-refractivity contribution >= 4 is 29.9 Å². The van der Waals surface area contributed by atoms with Crippen molar-refractivity contribution in [2.24, 2.45) is 16.6 Å². The summed E-state index contributed by atoms with van der Waals surface area (Å²) >= 11 is 0. The van der Waals surface area contributed by atoms with E-state index in [0.717, 1.165) is 30.3 Å². The summed E-state index contributed by atoms with van der Waals surface area (Å²) in [4.78, 5) is 15.4. The lowest BCUT2D eigenvalue weighted by Gasteiger charge is -2.31. The van der Waals surface area contributed by atoms with E-state index >= 15 is 0 Å². The minimum absolute atomic E-state index is 0. The van der Waals surface area contributed by atoms with Gasteiger partial charge in [-0.3, -0.25) is 4.57 Å². The zero-order valence-corrected chi connectivity index (χ0v) is 16.6. The first-order chi connectivity index (χ1) is 11.1. The molecule has 1 aliphatic rings. The van der Waals surface area contributed by atoms with Crippen LogP contribution in [0.2, 0.25) is 0 Å². The quantitative estimate of drug-likeness (QED) is 0.453. The molecule has 2 aromatic heterocycles. The number of aliphatic imine (C=N–C) groups is 1. The van der Waals surface area contributed by atoms with Gasteiger partial charge in [-0.15, -0.1) is 24.0 Å². The second-order valence-electron chi connectivity index (χ2n) is 6.24. The predicted molar refractivity (Wildman–Crippen MR) is 107 cm³/mol. The lowest BCUT2D eigenvalue weighted by molar-refractivity contribution is 0.270. The highest BCUT2D eigenvalue weighted by molar-refractivity contribution is 14.0. The third-order valence-electron chi connectivity index (χ3n) is 4.29. The van der Waals surface area contributed by atoms with E-state index in [2.05, 4.69) is 26.8 Å². The van der Waals surface area contributed by atoms with Gasteiger partial charge in [-0.25, -0.2) is 15.0 Å². The molecule has 6 nitrogen and oxygen atoms in total. The van der Waals surface area contributed by atoms with Crippen molar-refractivity contribution in [2.75, 3.05) is 13.1 Å². The minimum Gasteiger partial charge on any atom is -0.370 e. The number of nitrogens with zero attached hydrogens (tertiary/aromatic N) is 5. The number of hydrogen-bond donors (Lipinski definition) is 1. The second-order valence-corrected chi connectivity index (χ2v) is 6.24. The van der Waals surface area contributed by atoms with Crippen LogP contribution in [0.15, 0.2) is 35.7 Å². The number of likely N-dealkylation sites (tertiary alicyclic amines) is 1. The SMILES string of the molecule is Cc1nccn1-c1ccc(CN=C(N)N2CCCC(C)C2)cn1.I. The molecule has 2 N–H and O–H groups in total. The smallest absolute Gasteiger partial charge is 0.191 e. The monoisotopic (exact) mass is 440 g/mol. The number of hydrogen-bond acceptors (Lipinski definition) is 3. The van der Waals surface area contributed by atoms with E-state index in [-0.39, 0.29) is 24.0 Å². The number of aromatic nitrogens is 3. The fourth-order valence-electron chi connectivity index (χ4n) is 2.94. The first-order valence-electron chi connectivity index (χ1n) is 8.13. The minimum atomic E-state index is 0. The highest BCUT2D eigenvalue weighted by Gasteiger charge is 2.17. The van der Waals surface area contributed by atoms with Gasteiger partial charge in [-0.2, -0.15) is 0 Å². The van der Waals surface area contributed by atoms with Crippen LogP contribution in [0, 0.1) is 12.8 Å². The van der Waals surface area contributed by atoms with Crippen LogP contribution in [-0.4, -0.2) is 38.5 Å². The van der Waals surface area contributed by atoms with Gasteiger partial charge in [0.15, 0.2) is 5.96 Å². The predicted octanol–water partition coefficient (Wildman–Crippen LogP) is 2.74. The Balaban J connectivity index is 0.00000208. The Morgan fingerprint density at radius 2 is 2.21 bits per heavy atom. The average Bonchev–Trinajstić information content (AvgIpc) is 2.99. The lowest BCUT2D eigenvalue weighted by atomic mass is 10.0. The molecule has 130 valence electrons. The summed E-state index contributed by atoms with van der Waals surface area (Å²) in [5, 5.41) is 0. The van der Waals surface area contributed by atoms with Gasteiger partial charge in [0.05, 0.1) is 6.54 Å². The van der Waals surface area contributed by atoms with Gasteiger partial charge in [0.2, 0.25) is 0 Å². The van der Waals surface area contributed by atoms with E-state index in [1.165, 1.54) is 12.8 Å². The Kier molecular flexibility index (Phi) is 6.59. The van der Waals surface area contributed by atoms with Gasteiger partial charge >= 0.3 is 0 Å². The molecule has 3 heterocycles. The maximum atomic E-state index is 6.13. The molecular weight excluding hydrogens is 415 g/mol. The van der Waals surface area contributed by atoms with E-state index in [0.29, 0.717) is 18.4 Å². The number of aryl methyl sites for hydroxylation is 1. The van der Waals surface area contributed by atoms with Crippen molar-refractivity contribution in [1.29, 1.82) is 0 Å². The summed E-state index contributed by atoms with van der Waals surface area (Å²) in [6, 6.07) is 4.02. The summed E-state index contributed by atoms with van der Waals surface area (Å²) in [5.41, 5.74) is 7.18. The molecule has 24 heavy (non-hydrogen) atoms. The molecule has 0 aliphatic carbocycles. The zero-order chi connectivity index (χ0) is 16.2. The second kappa shape index (κ2) is 8.46. The fraction of sp³-hybridized carbons (Fsp3) is 0.471. The van der Waals surface area contributed by atoms with Gasteiger partial charge in [-0.1, -0.05) is 13.0 Å². The highest BCUT2D eigenvalue weighted by atomic mass is 127. The molecule has 1 fully saturated rings. The molecule has 1 saturated heterocycles. The van der Waals surface area contributed by atoms with Crippen LogP contribution in [-0.2, 0) is 6.54 Å². The highest BCUT2D eigenvalue weighted by Crippen LogP contribution is 2.15. The van der Waals surface area contributed by atoms with Crippen molar-refractivity contribution in [2.45, 2.75) is 33.2 Å². The van der Waals surface area contributed by atoms with Crippen LogP contribution in [0.1, 0.15) is 31.2 Å². The van der Waals surface area contributed by atoms with Crippen molar-refractivity contribution in [3.8, 4) is 5.82 Å². The number of pyridine rings is 1. The number of rotatable bonds is 3. The van der Waals surface area contributed by atoms with Crippen LogP contribution in [0.4, 0.5) is 0 Å². The number of halogens is 1. The summed E-state index contributed by atoms with van der Waals surface area (Å²) < 4.78 is 1.95. The van der Waals surface area contributed by atoms with Crippen LogP contribution in [0.5, 0.6) is 0 Å². The third kappa shape index (κ3) is 4.46. The van der Waals surface area contributed by atoms with Gasteiger partial charge in [0.25, 0.3) is 0 Å². The van der Waals surface area contributed by atoms with Crippen molar-refractivity contribution in [1.82, 2.24) is 19.4 Å². The number of piperidine rings is 1. The molecule has 1 atom stereocenters. The first-order valence-corrected chi connectivity index (χ1v) is 8.13. The normalized spacial score (nSPS) is 18.3. The van der Waals surface area contributed by atoms with E-state index in [9.17, 15) is 0 Å². The molecule has 0 radical (unpaired) electrons. The van der Waals surface area contributed by atoms with Crippen molar-refractivity contribution in [3.63, 3.8) is 0 Å². The molecule has 1 unspecified atom stereocenters. The van der Waals surface area contributed by atoms with Crippen LogP contribution in [0.3, 0.4) is 0 Å². The standard InChI is InChI=1S/C17H24N6.HI/c1-13-4-3-8-22(12-13)17(18)21-11-15-5-6-16(20-10-15)23-9-7-19-14(23)2;/h5-7,9-10,13H,3-4,8,11-12H2,1-2H3,(H2,18,21);1H. The Labute approximate surface area is 160 Å². The third-order valence-corrected chi connectivity index (χ3v) is 4.29. The summed E-state index contributed by atoms with van der Waals surface area (Å²) in [6.45, 7) is 6.80. The Morgan fingerprint density at radius 3 is 2.83 bits per heavy atom. The number of nitrogens with two attached hydrogens (primary N) is 1. The fourth-order valence-corrected chi connectivity index (χ4v) is 2.94. The summed E-state index contributed by atoms with van der Waals surface area (Å²) in [6.07, 6.45) is 8.01. The summed E-state index contributed by atoms with van der Waals surface area (Å²) in [5.74, 6) is 3.13. The summed E-state index contributed by atoms with van der Waals surface area (Å²) in [7, 11) is 0. The number of imidazole rings is 1. The van der Waals surface area contributed by atoms with E-state index < -0.39 is 0 Å². The lowest BCUT2D eigenvalue weighted by Crippen LogP contribution is -2.43. The van der Waals surface area contributed by atoms with Crippen molar-refractivity contribution in [3.05, 3.63) is 42.1 Å². The maximum Gasteiger partial charge on any atom is 0.191 e. The van der Waals surface area contributed by atoms with E-state index in [1.807, 2.05) is 36.0 Å². The Morgan fingerprint density at radius 1 is 1.38 bits per heavy atom. The average molecular weight is 440 g/mol. The maximum absolute atomic E-state index is 6.13.